The molecule has 0 unspecified atom stereocenters. The van der Waals surface area contributed by atoms with Gasteiger partial charge in [-0.1, -0.05) is 60.7 Å². The Kier molecular flexibility index (Phi) is 4.53. The molecule has 0 aliphatic heterocycles. The van der Waals surface area contributed by atoms with Crippen LogP contribution >= 0.6 is 11.3 Å². The molecule has 0 N–H and O–H groups in total. The molecule has 0 aliphatic rings. The van der Waals surface area contributed by atoms with Gasteiger partial charge in [0.25, 0.3) is 0 Å². The van der Waals surface area contributed by atoms with Crippen LogP contribution in [0, 0.1) is 0 Å². The third kappa shape index (κ3) is 3.48. The largest absolute Gasteiger partial charge is 0.796 e. The van der Waals surface area contributed by atoms with Gasteiger partial charge in [-0.05, 0) is 11.1 Å². The SMILES string of the molecule is O=c1cc(-c2ccccc2)sc(-c2ccccc2)c1OB(F)F. The van der Waals surface area contributed by atoms with Gasteiger partial charge in [0.15, 0.2) is 5.75 Å². The zero-order chi connectivity index (χ0) is 16.2. The second-order valence-electron chi connectivity index (χ2n) is 4.74. The third-order valence-electron chi connectivity index (χ3n) is 3.21. The molecule has 2 nitrogen and oxygen atoms in total. The van der Waals surface area contributed by atoms with Gasteiger partial charge >= 0.3 is 7.47 Å². The van der Waals surface area contributed by atoms with Crippen LogP contribution in [0.4, 0.5) is 8.63 Å². The summed E-state index contributed by atoms with van der Waals surface area (Å²) in [6.45, 7) is 0. The van der Waals surface area contributed by atoms with E-state index in [4.69, 9.17) is 0 Å². The molecule has 0 atom stereocenters. The Bertz CT molecular complexity index is 851. The highest BCUT2D eigenvalue weighted by atomic mass is 32.1. The van der Waals surface area contributed by atoms with Gasteiger partial charge in [0.1, 0.15) is 0 Å². The van der Waals surface area contributed by atoms with Crippen molar-refractivity contribution in [1.29, 1.82) is 0 Å². The van der Waals surface area contributed by atoms with Crippen molar-refractivity contribution < 1.29 is 13.3 Å². The van der Waals surface area contributed by atoms with Crippen LogP contribution in [0.1, 0.15) is 0 Å². The van der Waals surface area contributed by atoms with Gasteiger partial charge < -0.3 is 4.65 Å². The van der Waals surface area contributed by atoms with Crippen molar-refractivity contribution in [2.24, 2.45) is 0 Å². The number of hydrogen-bond donors (Lipinski definition) is 0. The van der Waals surface area contributed by atoms with Crippen LogP contribution in [-0.2, 0) is 0 Å². The maximum absolute atomic E-state index is 12.7. The fourth-order valence-electron chi connectivity index (χ4n) is 2.21. The minimum Gasteiger partial charge on any atom is -0.501 e. The Morgan fingerprint density at radius 1 is 0.870 bits per heavy atom. The molecular formula is C17H11BF2O2S. The molecule has 0 saturated carbocycles. The van der Waals surface area contributed by atoms with E-state index in [1.807, 2.05) is 36.4 Å². The molecule has 0 amide bonds. The first kappa shape index (κ1) is 15.4. The lowest BCUT2D eigenvalue weighted by atomic mass is 10.1. The molecule has 2 aromatic carbocycles. The summed E-state index contributed by atoms with van der Waals surface area (Å²) in [5.74, 6) is -0.309. The zero-order valence-electron chi connectivity index (χ0n) is 11.9. The van der Waals surface area contributed by atoms with Crippen LogP contribution in [0.5, 0.6) is 5.75 Å². The summed E-state index contributed by atoms with van der Waals surface area (Å²) < 4.78 is 29.8. The van der Waals surface area contributed by atoms with Gasteiger partial charge in [-0.3, -0.25) is 4.79 Å². The molecule has 1 aromatic heterocycles. The Hall–Kier alpha value is -2.47. The van der Waals surface area contributed by atoms with Gasteiger partial charge in [0, 0.05) is 10.9 Å². The summed E-state index contributed by atoms with van der Waals surface area (Å²) in [4.78, 5) is 13.4. The molecule has 0 fully saturated rings. The van der Waals surface area contributed by atoms with Crippen molar-refractivity contribution in [1.82, 2.24) is 0 Å². The van der Waals surface area contributed by atoms with Crippen molar-refractivity contribution in [2.45, 2.75) is 0 Å². The smallest absolute Gasteiger partial charge is 0.501 e. The molecule has 6 heteroatoms. The van der Waals surface area contributed by atoms with E-state index in [1.165, 1.54) is 17.4 Å². The average Bonchev–Trinajstić information content (AvgIpc) is 2.58. The van der Waals surface area contributed by atoms with E-state index in [2.05, 4.69) is 4.65 Å². The van der Waals surface area contributed by atoms with E-state index in [1.54, 1.807) is 24.3 Å². The molecule has 0 aliphatic carbocycles. The Balaban J connectivity index is 2.21. The predicted octanol–water partition coefficient (Wildman–Crippen LogP) is 4.75. The van der Waals surface area contributed by atoms with E-state index < -0.39 is 12.9 Å². The normalized spacial score (nSPS) is 10.3. The number of rotatable bonds is 4. The lowest BCUT2D eigenvalue weighted by Gasteiger charge is -2.11. The standard InChI is InChI=1S/C17H11BF2O2S/c19-18(20)22-16-14(21)11-15(12-7-3-1-4-8-12)23-17(16)13-9-5-2-6-10-13/h1-11H. The highest BCUT2D eigenvalue weighted by Crippen LogP contribution is 2.37. The number of halogens is 2. The summed E-state index contributed by atoms with van der Waals surface area (Å²) in [6.07, 6.45) is 0. The van der Waals surface area contributed by atoms with Crippen LogP contribution in [0.3, 0.4) is 0 Å². The minimum absolute atomic E-state index is 0.309. The monoisotopic (exact) mass is 328 g/mol. The summed E-state index contributed by atoms with van der Waals surface area (Å²) >= 11 is 1.25. The van der Waals surface area contributed by atoms with Crippen LogP contribution < -0.4 is 10.1 Å². The summed E-state index contributed by atoms with van der Waals surface area (Å²) in [7, 11) is -3.04. The topological polar surface area (TPSA) is 26.3 Å². The number of benzene rings is 2. The van der Waals surface area contributed by atoms with Crippen molar-refractivity contribution >= 4 is 18.8 Å². The molecule has 0 radical (unpaired) electrons. The maximum atomic E-state index is 12.7. The Morgan fingerprint density at radius 2 is 1.43 bits per heavy atom. The molecule has 0 spiro atoms. The average molecular weight is 328 g/mol. The van der Waals surface area contributed by atoms with Crippen LogP contribution in [-0.4, -0.2) is 7.47 Å². The summed E-state index contributed by atoms with van der Waals surface area (Å²) in [6, 6.07) is 19.6. The molecule has 1 heterocycles. The minimum atomic E-state index is -3.04. The summed E-state index contributed by atoms with van der Waals surface area (Å²) in [5, 5.41) is 0. The van der Waals surface area contributed by atoms with Gasteiger partial charge in [-0.25, -0.2) is 8.63 Å². The highest BCUT2D eigenvalue weighted by Gasteiger charge is 2.23. The van der Waals surface area contributed by atoms with Crippen molar-refractivity contribution in [2.75, 3.05) is 0 Å². The molecule has 3 aromatic rings. The number of hydrogen-bond acceptors (Lipinski definition) is 3. The second kappa shape index (κ2) is 6.75. The van der Waals surface area contributed by atoms with Gasteiger partial charge in [-0.2, -0.15) is 0 Å². The first-order chi connectivity index (χ1) is 11.1. The maximum Gasteiger partial charge on any atom is 0.796 e. The molecule has 0 saturated heterocycles. The predicted molar refractivity (Wildman–Crippen MR) is 90.1 cm³/mol. The molecule has 3 rings (SSSR count). The molecule has 23 heavy (non-hydrogen) atoms. The van der Waals surface area contributed by atoms with Gasteiger partial charge in [0.2, 0.25) is 5.43 Å². The zero-order valence-corrected chi connectivity index (χ0v) is 12.7. The Labute approximate surface area is 136 Å². The first-order valence-corrected chi connectivity index (χ1v) is 7.70. The van der Waals surface area contributed by atoms with E-state index in [0.29, 0.717) is 15.3 Å². The molecular weight excluding hydrogens is 317 g/mol. The quantitative estimate of drug-likeness (QED) is 0.646. The van der Waals surface area contributed by atoms with Crippen LogP contribution in [0.15, 0.2) is 71.5 Å². The van der Waals surface area contributed by atoms with Crippen molar-refractivity contribution in [3.63, 3.8) is 0 Å². The highest BCUT2D eigenvalue weighted by molar-refractivity contribution is 7.18. The lowest BCUT2D eigenvalue weighted by molar-refractivity contribution is 0.425. The van der Waals surface area contributed by atoms with E-state index in [-0.39, 0.29) is 5.75 Å². The van der Waals surface area contributed by atoms with Crippen LogP contribution in [0.2, 0.25) is 0 Å². The van der Waals surface area contributed by atoms with Crippen LogP contribution in [0.25, 0.3) is 20.9 Å². The van der Waals surface area contributed by atoms with Gasteiger partial charge in [0.05, 0.1) is 4.88 Å². The van der Waals surface area contributed by atoms with E-state index in [0.717, 1.165) is 5.56 Å². The van der Waals surface area contributed by atoms with E-state index >= 15 is 0 Å². The molecule has 0 bridgehead atoms. The van der Waals surface area contributed by atoms with E-state index in [9.17, 15) is 13.4 Å². The lowest BCUT2D eigenvalue weighted by Crippen LogP contribution is -2.16. The fraction of sp³-hybridized carbons (Fsp3) is 0. The van der Waals surface area contributed by atoms with Gasteiger partial charge in [-0.15, -0.1) is 11.3 Å². The Morgan fingerprint density at radius 3 is 2.00 bits per heavy atom. The van der Waals surface area contributed by atoms with Crippen molar-refractivity contribution in [3.05, 3.63) is 77.0 Å². The third-order valence-corrected chi connectivity index (χ3v) is 4.40. The first-order valence-electron chi connectivity index (χ1n) is 6.89. The molecule has 114 valence electrons. The van der Waals surface area contributed by atoms with Crippen molar-refractivity contribution in [3.8, 4) is 26.6 Å². The summed E-state index contributed by atoms with van der Waals surface area (Å²) in [5.41, 5.74) is 0.972. The fourth-order valence-corrected chi connectivity index (χ4v) is 3.34. The second-order valence-corrected chi connectivity index (χ2v) is 5.80.